The highest BCUT2D eigenvalue weighted by Crippen LogP contribution is 2.39. The maximum absolute atomic E-state index is 11.5. The van der Waals surface area contributed by atoms with Crippen LogP contribution in [0.15, 0.2) is 39.5 Å². The number of esters is 1. The largest absolute Gasteiger partial charge is 0.427 e. The Morgan fingerprint density at radius 3 is 2.73 bits per heavy atom. The smallest absolute Gasteiger partial charge is 0.396 e. The number of rotatable bonds is 2. The van der Waals surface area contributed by atoms with E-state index in [1.165, 1.54) is 6.92 Å². The Morgan fingerprint density at radius 1 is 1.23 bits per heavy atom. The molecule has 22 heavy (non-hydrogen) atoms. The molecule has 0 N–H and O–H groups in total. The van der Waals surface area contributed by atoms with Gasteiger partial charge in [0.15, 0.2) is 5.58 Å². The molecule has 0 aliphatic carbocycles. The molecule has 3 rings (SSSR count). The summed E-state index contributed by atoms with van der Waals surface area (Å²) in [5.74, 6) is -0.151. The standard InChI is InChI=1S/C15H8Cl2O4S/c1-7(18)20-8-5-10(9-3-2-4-11(16)13(9)17)14-12(6-8)22-15(19)21-14/h2-6H,1H3. The van der Waals surface area contributed by atoms with Gasteiger partial charge in [-0.15, -0.1) is 0 Å². The molecule has 3 aromatic rings. The summed E-state index contributed by atoms with van der Waals surface area (Å²) >= 11 is 13.2. The van der Waals surface area contributed by atoms with Crippen LogP contribution in [0.3, 0.4) is 0 Å². The Labute approximate surface area is 138 Å². The van der Waals surface area contributed by atoms with Gasteiger partial charge in [0.05, 0.1) is 14.7 Å². The van der Waals surface area contributed by atoms with Crippen LogP contribution in [-0.4, -0.2) is 5.97 Å². The van der Waals surface area contributed by atoms with E-state index in [0.717, 1.165) is 11.3 Å². The van der Waals surface area contributed by atoms with Crippen LogP contribution in [0.2, 0.25) is 10.0 Å². The topological polar surface area (TPSA) is 56.5 Å². The Balaban J connectivity index is 2.33. The Hall–Kier alpha value is -1.82. The molecule has 0 atom stereocenters. The van der Waals surface area contributed by atoms with Crippen LogP contribution in [0.4, 0.5) is 0 Å². The predicted octanol–water partition coefficient (Wildman–Crippen LogP) is 4.75. The third kappa shape index (κ3) is 2.75. The minimum Gasteiger partial charge on any atom is -0.427 e. The van der Waals surface area contributed by atoms with E-state index < -0.39 is 10.9 Å². The zero-order valence-electron chi connectivity index (χ0n) is 11.2. The van der Waals surface area contributed by atoms with Crippen LogP contribution in [-0.2, 0) is 4.79 Å². The molecule has 2 aromatic carbocycles. The van der Waals surface area contributed by atoms with Crippen molar-refractivity contribution in [2.24, 2.45) is 0 Å². The number of hydrogen-bond acceptors (Lipinski definition) is 5. The summed E-state index contributed by atoms with van der Waals surface area (Å²) in [4.78, 5) is 22.3. The fourth-order valence-electron chi connectivity index (χ4n) is 2.09. The van der Waals surface area contributed by atoms with Gasteiger partial charge in [0.25, 0.3) is 0 Å². The average Bonchev–Trinajstić information content (AvgIpc) is 2.80. The first-order valence-electron chi connectivity index (χ1n) is 6.16. The fraction of sp³-hybridized carbons (Fsp3) is 0.0667. The van der Waals surface area contributed by atoms with Gasteiger partial charge in [-0.2, -0.15) is 0 Å². The molecule has 112 valence electrons. The first-order chi connectivity index (χ1) is 10.5. The molecule has 1 aromatic heterocycles. The molecule has 7 heteroatoms. The van der Waals surface area contributed by atoms with Gasteiger partial charge >= 0.3 is 10.9 Å². The molecular formula is C15H8Cl2O4S. The molecule has 0 aliphatic heterocycles. The highest BCUT2D eigenvalue weighted by atomic mass is 35.5. The highest BCUT2D eigenvalue weighted by molar-refractivity contribution is 7.16. The van der Waals surface area contributed by atoms with Crippen LogP contribution in [0.1, 0.15) is 6.92 Å². The summed E-state index contributed by atoms with van der Waals surface area (Å²) in [6.45, 7) is 1.30. The van der Waals surface area contributed by atoms with Crippen molar-refractivity contribution in [2.45, 2.75) is 6.92 Å². The third-order valence-corrected chi connectivity index (χ3v) is 4.50. The van der Waals surface area contributed by atoms with E-state index in [1.54, 1.807) is 30.3 Å². The van der Waals surface area contributed by atoms with E-state index in [2.05, 4.69) is 0 Å². The van der Waals surface area contributed by atoms with Crippen molar-refractivity contribution in [2.75, 3.05) is 0 Å². The van der Waals surface area contributed by atoms with Crippen molar-refractivity contribution < 1.29 is 13.9 Å². The molecule has 0 aliphatic rings. The lowest BCUT2D eigenvalue weighted by molar-refractivity contribution is -0.131. The average molecular weight is 355 g/mol. The highest BCUT2D eigenvalue weighted by Gasteiger charge is 2.16. The second-order valence-electron chi connectivity index (χ2n) is 4.45. The molecule has 0 fully saturated rings. The quantitative estimate of drug-likeness (QED) is 0.492. The molecule has 0 bridgehead atoms. The minimum absolute atomic E-state index is 0.308. The molecule has 0 saturated carbocycles. The second kappa shape index (κ2) is 5.76. The van der Waals surface area contributed by atoms with Gasteiger partial charge in [-0.25, -0.2) is 4.79 Å². The molecule has 0 unspecified atom stereocenters. The summed E-state index contributed by atoms with van der Waals surface area (Å²) < 4.78 is 10.9. The monoisotopic (exact) mass is 354 g/mol. The Morgan fingerprint density at radius 2 is 2.00 bits per heavy atom. The van der Waals surface area contributed by atoms with Crippen LogP contribution >= 0.6 is 34.5 Å². The normalized spacial score (nSPS) is 10.9. The molecule has 0 radical (unpaired) electrons. The number of fused-ring (bicyclic) bond motifs is 1. The molecule has 4 nitrogen and oxygen atoms in total. The number of benzene rings is 2. The van der Waals surface area contributed by atoms with Gasteiger partial charge in [-0.1, -0.05) is 46.7 Å². The summed E-state index contributed by atoms with van der Waals surface area (Å²) in [5, 5.41) is 0.710. The molecule has 0 amide bonds. The number of halogens is 2. The van der Waals surface area contributed by atoms with Crippen molar-refractivity contribution in [1.29, 1.82) is 0 Å². The first kappa shape index (κ1) is 15.1. The Kier molecular flexibility index (Phi) is 3.95. The number of hydrogen-bond donors (Lipinski definition) is 0. The molecule has 0 saturated heterocycles. The lowest BCUT2D eigenvalue weighted by Crippen LogP contribution is -2.01. The van der Waals surface area contributed by atoms with E-state index in [-0.39, 0.29) is 0 Å². The van der Waals surface area contributed by atoms with Gasteiger partial charge in [0.1, 0.15) is 5.75 Å². The van der Waals surface area contributed by atoms with Crippen LogP contribution in [0.5, 0.6) is 5.75 Å². The number of carbonyl (C=O) groups excluding carboxylic acids is 1. The zero-order chi connectivity index (χ0) is 15.9. The van der Waals surface area contributed by atoms with Crippen LogP contribution in [0.25, 0.3) is 21.4 Å². The van der Waals surface area contributed by atoms with Crippen molar-refractivity contribution in [3.8, 4) is 16.9 Å². The van der Waals surface area contributed by atoms with E-state index in [0.29, 0.717) is 37.2 Å². The summed E-state index contributed by atoms with van der Waals surface area (Å²) in [7, 11) is 0. The first-order valence-corrected chi connectivity index (χ1v) is 7.73. The van der Waals surface area contributed by atoms with Gasteiger partial charge in [-0.05, 0) is 12.1 Å². The third-order valence-electron chi connectivity index (χ3n) is 2.91. The lowest BCUT2D eigenvalue weighted by atomic mass is 10.0. The van der Waals surface area contributed by atoms with Gasteiger partial charge < -0.3 is 9.15 Å². The lowest BCUT2D eigenvalue weighted by Gasteiger charge is -2.09. The number of ether oxygens (including phenoxy) is 1. The molecular weight excluding hydrogens is 347 g/mol. The van der Waals surface area contributed by atoms with E-state index in [9.17, 15) is 9.59 Å². The minimum atomic E-state index is -0.460. The SMILES string of the molecule is CC(=O)Oc1cc(-c2cccc(Cl)c2Cl)c2oc(=O)sc2c1. The summed E-state index contributed by atoms with van der Waals surface area (Å²) in [6.07, 6.45) is 0. The maximum Gasteiger partial charge on any atom is 0.396 e. The zero-order valence-corrected chi connectivity index (χ0v) is 13.5. The van der Waals surface area contributed by atoms with E-state index in [1.807, 2.05) is 0 Å². The van der Waals surface area contributed by atoms with Gasteiger partial charge in [0.2, 0.25) is 0 Å². The van der Waals surface area contributed by atoms with Crippen molar-refractivity contribution in [1.82, 2.24) is 0 Å². The maximum atomic E-state index is 11.5. The van der Waals surface area contributed by atoms with Crippen molar-refractivity contribution >= 4 is 50.8 Å². The van der Waals surface area contributed by atoms with Crippen molar-refractivity contribution in [3.63, 3.8) is 0 Å². The van der Waals surface area contributed by atoms with E-state index >= 15 is 0 Å². The number of carbonyl (C=O) groups is 1. The van der Waals surface area contributed by atoms with Crippen molar-refractivity contribution in [3.05, 3.63) is 50.1 Å². The van der Waals surface area contributed by atoms with Gasteiger partial charge in [-0.3, -0.25) is 4.79 Å². The second-order valence-corrected chi connectivity index (χ2v) is 6.21. The van der Waals surface area contributed by atoms with Gasteiger partial charge in [0, 0.05) is 24.1 Å². The van der Waals surface area contributed by atoms with Crippen LogP contribution in [0, 0.1) is 0 Å². The molecule has 0 spiro atoms. The predicted molar refractivity (Wildman–Crippen MR) is 87.1 cm³/mol. The van der Waals surface area contributed by atoms with E-state index in [4.69, 9.17) is 32.4 Å². The molecule has 1 heterocycles. The fourth-order valence-corrected chi connectivity index (χ4v) is 3.22. The Bertz CT molecular complexity index is 942. The summed E-state index contributed by atoms with van der Waals surface area (Å²) in [6, 6.07) is 8.31. The summed E-state index contributed by atoms with van der Waals surface area (Å²) in [5.41, 5.74) is 1.52. The van der Waals surface area contributed by atoms with Crippen LogP contribution < -0.4 is 9.68 Å².